The van der Waals surface area contributed by atoms with Gasteiger partial charge in [0, 0.05) is 12.6 Å². The molecule has 1 rings (SSSR count). The summed E-state index contributed by atoms with van der Waals surface area (Å²) in [5, 5.41) is 3.07. The Labute approximate surface area is 112 Å². The van der Waals surface area contributed by atoms with Gasteiger partial charge in [-0.1, -0.05) is 20.8 Å². The molecule has 1 heterocycles. The molecule has 1 N–H and O–H groups in total. The third kappa shape index (κ3) is 4.37. The molecule has 0 spiro atoms. The van der Waals surface area contributed by atoms with Crippen LogP contribution in [0.3, 0.4) is 0 Å². The van der Waals surface area contributed by atoms with Crippen molar-refractivity contribution in [3.8, 4) is 0 Å². The van der Waals surface area contributed by atoms with E-state index in [1.54, 1.807) is 0 Å². The fourth-order valence-corrected chi connectivity index (χ4v) is 2.66. The van der Waals surface area contributed by atoms with Crippen LogP contribution in [0.5, 0.6) is 0 Å². The normalized spacial score (nSPS) is 23.9. The van der Waals surface area contributed by atoms with Gasteiger partial charge in [0.05, 0.1) is 5.92 Å². The number of hydrogen-bond acceptors (Lipinski definition) is 2. The zero-order valence-corrected chi connectivity index (χ0v) is 11.8. The van der Waals surface area contributed by atoms with Crippen LogP contribution in [0.15, 0.2) is 0 Å². The molecule has 0 unspecified atom stereocenters. The number of nitrogens with one attached hydrogen (secondary N) is 1. The minimum Gasteiger partial charge on any atom is -0.330 e. The molecule has 0 bridgehead atoms. The van der Waals surface area contributed by atoms with Gasteiger partial charge in [0.25, 0.3) is 0 Å². The van der Waals surface area contributed by atoms with E-state index in [1.807, 2.05) is 20.8 Å². The lowest BCUT2D eigenvalue weighted by Crippen LogP contribution is -2.49. The van der Waals surface area contributed by atoms with Gasteiger partial charge in [-0.15, -0.1) is 0 Å². The maximum Gasteiger partial charge on any atom is 0.406 e. The third-order valence-corrected chi connectivity index (χ3v) is 3.85. The topological polar surface area (TPSA) is 32.3 Å². The fraction of sp³-hybridized carbons (Fsp3) is 0.923. The van der Waals surface area contributed by atoms with Gasteiger partial charge in [0.15, 0.2) is 0 Å². The largest absolute Gasteiger partial charge is 0.406 e. The van der Waals surface area contributed by atoms with Crippen LogP contribution in [0.2, 0.25) is 0 Å². The Bertz CT molecular complexity index is 303. The van der Waals surface area contributed by atoms with Gasteiger partial charge >= 0.3 is 6.18 Å². The molecule has 3 nitrogen and oxygen atoms in total. The first kappa shape index (κ1) is 16.3. The third-order valence-electron chi connectivity index (χ3n) is 3.85. The van der Waals surface area contributed by atoms with Crippen molar-refractivity contribution in [1.29, 1.82) is 0 Å². The van der Waals surface area contributed by atoms with Gasteiger partial charge in [-0.05, 0) is 25.3 Å². The number of halogens is 3. The van der Waals surface area contributed by atoms with Gasteiger partial charge in [0.1, 0.15) is 6.54 Å². The Kier molecular flexibility index (Phi) is 5.64. The summed E-state index contributed by atoms with van der Waals surface area (Å²) in [6.07, 6.45) is -3.24. The smallest absolute Gasteiger partial charge is 0.330 e. The highest BCUT2D eigenvalue weighted by atomic mass is 19.4. The lowest BCUT2D eigenvalue weighted by Gasteiger charge is -2.34. The second-order valence-corrected chi connectivity index (χ2v) is 5.29. The van der Waals surface area contributed by atoms with Crippen LogP contribution in [0.25, 0.3) is 0 Å². The summed E-state index contributed by atoms with van der Waals surface area (Å²) in [6, 6.07) is -0.332. The lowest BCUT2D eigenvalue weighted by molar-refractivity contribution is -0.169. The lowest BCUT2D eigenvalue weighted by atomic mass is 9.95. The summed E-state index contributed by atoms with van der Waals surface area (Å²) in [5.41, 5.74) is 0. The van der Waals surface area contributed by atoms with Crippen molar-refractivity contribution in [1.82, 2.24) is 10.2 Å². The molecule has 19 heavy (non-hydrogen) atoms. The number of carbonyl (C=O) groups is 1. The Hall–Kier alpha value is -0.780. The second kappa shape index (κ2) is 6.59. The maximum atomic E-state index is 12.7. The summed E-state index contributed by atoms with van der Waals surface area (Å²) in [7, 11) is 0. The summed E-state index contributed by atoms with van der Waals surface area (Å²) in [6.45, 7) is 5.58. The van der Waals surface area contributed by atoms with Crippen molar-refractivity contribution in [2.75, 3.05) is 19.6 Å². The Morgan fingerprint density at radius 2 is 1.89 bits per heavy atom. The van der Waals surface area contributed by atoms with Crippen LogP contribution in [-0.2, 0) is 4.79 Å². The molecular weight excluding hydrogens is 257 g/mol. The van der Waals surface area contributed by atoms with E-state index < -0.39 is 12.7 Å². The van der Waals surface area contributed by atoms with Crippen LogP contribution in [0, 0.1) is 11.8 Å². The number of nitrogens with zero attached hydrogens (tertiary/aromatic N) is 1. The molecule has 0 aromatic heterocycles. The van der Waals surface area contributed by atoms with E-state index in [9.17, 15) is 18.0 Å². The van der Waals surface area contributed by atoms with Gasteiger partial charge in [0.2, 0.25) is 5.91 Å². The molecule has 6 heteroatoms. The highest BCUT2D eigenvalue weighted by Gasteiger charge is 2.40. The van der Waals surface area contributed by atoms with E-state index in [0.29, 0.717) is 25.9 Å². The van der Waals surface area contributed by atoms with Crippen molar-refractivity contribution in [3.63, 3.8) is 0 Å². The van der Waals surface area contributed by atoms with Crippen LogP contribution < -0.4 is 5.32 Å². The van der Waals surface area contributed by atoms with Crippen LogP contribution in [0.4, 0.5) is 13.2 Å². The van der Waals surface area contributed by atoms with Gasteiger partial charge in [-0.25, -0.2) is 0 Å². The van der Waals surface area contributed by atoms with Crippen molar-refractivity contribution in [2.45, 2.75) is 45.8 Å². The van der Waals surface area contributed by atoms with Crippen molar-refractivity contribution in [3.05, 3.63) is 0 Å². The first-order chi connectivity index (χ1) is 8.80. The number of carbonyl (C=O) groups excluding carboxylic acids is 1. The van der Waals surface area contributed by atoms with Crippen molar-refractivity contribution in [2.24, 2.45) is 11.8 Å². The molecule has 1 amide bonds. The van der Waals surface area contributed by atoms with Gasteiger partial charge in [-0.2, -0.15) is 13.2 Å². The van der Waals surface area contributed by atoms with Crippen molar-refractivity contribution < 1.29 is 18.0 Å². The highest BCUT2D eigenvalue weighted by molar-refractivity contribution is 5.80. The molecule has 0 aromatic carbocycles. The average molecular weight is 280 g/mol. The molecule has 0 aromatic rings. The molecule has 2 atom stereocenters. The molecule has 1 saturated heterocycles. The van der Waals surface area contributed by atoms with E-state index >= 15 is 0 Å². The van der Waals surface area contributed by atoms with Crippen molar-refractivity contribution >= 4 is 5.91 Å². The average Bonchev–Trinajstić information content (AvgIpc) is 2.73. The van der Waals surface area contributed by atoms with E-state index in [2.05, 4.69) is 5.32 Å². The molecule has 1 aliphatic heterocycles. The number of amides is 1. The Morgan fingerprint density at radius 3 is 2.26 bits per heavy atom. The SMILES string of the molecule is CCC(CC)N(CC(F)(F)F)C(=O)[C@@H]1CNC[C@H]1C. The molecule has 112 valence electrons. The molecule has 1 aliphatic rings. The van der Waals surface area contributed by atoms with Gasteiger partial charge in [-0.3, -0.25) is 4.79 Å². The number of hydrogen-bond donors (Lipinski definition) is 1. The summed E-state index contributed by atoms with van der Waals surface area (Å²) >= 11 is 0. The van der Waals surface area contributed by atoms with E-state index in [0.717, 1.165) is 4.90 Å². The van der Waals surface area contributed by atoms with E-state index in [4.69, 9.17) is 0 Å². The zero-order chi connectivity index (χ0) is 14.6. The quantitative estimate of drug-likeness (QED) is 0.839. The molecule has 0 radical (unpaired) electrons. The number of alkyl halides is 3. The zero-order valence-electron chi connectivity index (χ0n) is 11.8. The standard InChI is InChI=1S/C13H23F3N2O/c1-4-10(5-2)18(8-13(14,15)16)12(19)11-7-17-6-9(11)3/h9-11,17H,4-8H2,1-3H3/t9-,11-/m1/s1. The van der Waals surface area contributed by atoms with Crippen LogP contribution >= 0.6 is 0 Å². The molecular formula is C13H23F3N2O. The molecule has 0 saturated carbocycles. The predicted octanol–water partition coefficient (Wildman–Crippen LogP) is 2.42. The first-order valence-electron chi connectivity index (χ1n) is 6.88. The van der Waals surface area contributed by atoms with Gasteiger partial charge < -0.3 is 10.2 Å². The van der Waals surface area contributed by atoms with E-state index in [1.165, 1.54) is 0 Å². The number of rotatable bonds is 5. The predicted molar refractivity (Wildman–Crippen MR) is 67.7 cm³/mol. The second-order valence-electron chi connectivity index (χ2n) is 5.29. The summed E-state index contributed by atoms with van der Waals surface area (Å²) in [5.74, 6) is -0.593. The molecule has 0 aliphatic carbocycles. The fourth-order valence-electron chi connectivity index (χ4n) is 2.66. The summed E-state index contributed by atoms with van der Waals surface area (Å²) < 4.78 is 38.0. The highest BCUT2D eigenvalue weighted by Crippen LogP contribution is 2.25. The Balaban J connectivity index is 2.85. The van der Waals surface area contributed by atoms with E-state index in [-0.39, 0.29) is 23.8 Å². The molecule has 1 fully saturated rings. The maximum absolute atomic E-state index is 12.7. The van der Waals surface area contributed by atoms with Crippen LogP contribution in [-0.4, -0.2) is 42.7 Å². The monoisotopic (exact) mass is 280 g/mol. The first-order valence-corrected chi connectivity index (χ1v) is 6.88. The summed E-state index contributed by atoms with van der Waals surface area (Å²) in [4.78, 5) is 13.4. The van der Waals surface area contributed by atoms with Crippen LogP contribution in [0.1, 0.15) is 33.6 Å². The Morgan fingerprint density at radius 1 is 1.32 bits per heavy atom. The minimum atomic E-state index is -4.34. The minimum absolute atomic E-state index is 0.0950.